The third kappa shape index (κ3) is 2.54. The quantitative estimate of drug-likeness (QED) is 0.845. The molecule has 0 spiro atoms. The van der Waals surface area contributed by atoms with Crippen molar-refractivity contribution in [2.75, 3.05) is 30.3 Å². The summed E-state index contributed by atoms with van der Waals surface area (Å²) in [4.78, 5) is 4.43. The summed E-state index contributed by atoms with van der Waals surface area (Å²) >= 11 is 3.80. The van der Waals surface area contributed by atoms with Gasteiger partial charge in [0.15, 0.2) is 11.4 Å². The minimum Gasteiger partial charge on any atom is -0.379 e. The van der Waals surface area contributed by atoms with Crippen LogP contribution in [-0.4, -0.2) is 45.6 Å². The highest BCUT2D eigenvalue weighted by molar-refractivity contribution is 8.06. The summed E-state index contributed by atoms with van der Waals surface area (Å²) in [5.74, 6) is 4.47. The number of rotatable bonds is 2. The Morgan fingerprint density at radius 2 is 2.39 bits per heavy atom. The molecular weight excluding hydrogens is 270 g/mol. The molecule has 0 saturated carbocycles. The molecule has 0 bridgehead atoms. The third-order valence-corrected chi connectivity index (χ3v) is 6.06. The van der Waals surface area contributed by atoms with Gasteiger partial charge in [0, 0.05) is 23.8 Å². The molecule has 0 aliphatic carbocycles. The van der Waals surface area contributed by atoms with Crippen LogP contribution in [0.25, 0.3) is 0 Å². The fraction of sp³-hybridized carbons (Fsp3) is 0.818. The monoisotopic (exact) mass is 287 g/mol. The van der Waals surface area contributed by atoms with Gasteiger partial charge in [-0.3, -0.25) is 0 Å². The van der Waals surface area contributed by atoms with Crippen LogP contribution in [0.2, 0.25) is 0 Å². The van der Waals surface area contributed by atoms with Crippen LogP contribution in [-0.2, 0) is 5.60 Å². The zero-order valence-corrected chi connectivity index (χ0v) is 11.7. The van der Waals surface area contributed by atoms with Crippen molar-refractivity contribution in [3.8, 4) is 0 Å². The van der Waals surface area contributed by atoms with E-state index < -0.39 is 5.60 Å². The minimum atomic E-state index is -0.976. The van der Waals surface area contributed by atoms with Gasteiger partial charge in [-0.15, -0.1) is 11.8 Å². The summed E-state index contributed by atoms with van der Waals surface area (Å²) in [5, 5.41) is 18.0. The molecule has 5 nitrogen and oxygen atoms in total. The first-order chi connectivity index (χ1) is 8.78. The van der Waals surface area contributed by atoms with Gasteiger partial charge in [0.1, 0.15) is 0 Å². The second kappa shape index (κ2) is 5.40. The Morgan fingerprint density at radius 1 is 1.44 bits per heavy atom. The molecule has 2 N–H and O–H groups in total. The molecule has 2 unspecified atom stereocenters. The smallest absolute Gasteiger partial charge is 0.259 e. The molecule has 0 radical (unpaired) electrons. The average Bonchev–Trinajstić information content (AvgIpc) is 2.91. The van der Waals surface area contributed by atoms with Crippen LogP contribution in [0.3, 0.4) is 0 Å². The standard InChI is InChI=1S/C11H17N3O2S2/c15-11(2-1-3-12-7-11)10-13-9(14-16-10)8-6-17-4-5-18-8/h8,12,15H,1-7H2. The molecule has 2 fully saturated rings. The first kappa shape index (κ1) is 12.8. The number of aliphatic hydroxyl groups is 1. The van der Waals surface area contributed by atoms with Gasteiger partial charge < -0.3 is 14.9 Å². The van der Waals surface area contributed by atoms with Crippen molar-refractivity contribution in [3.05, 3.63) is 11.7 Å². The Balaban J connectivity index is 1.75. The van der Waals surface area contributed by atoms with Crippen LogP contribution in [0.15, 0.2) is 4.52 Å². The molecule has 0 aromatic carbocycles. The van der Waals surface area contributed by atoms with Gasteiger partial charge in [-0.25, -0.2) is 0 Å². The molecule has 18 heavy (non-hydrogen) atoms. The molecular formula is C11H17N3O2S2. The molecule has 100 valence electrons. The predicted octanol–water partition coefficient (Wildman–Crippen LogP) is 1.16. The summed E-state index contributed by atoms with van der Waals surface area (Å²) in [6.07, 6.45) is 1.62. The second-order valence-corrected chi connectivity index (χ2v) is 7.16. The molecule has 7 heteroatoms. The van der Waals surface area contributed by atoms with Gasteiger partial charge in [-0.2, -0.15) is 16.7 Å². The van der Waals surface area contributed by atoms with Gasteiger partial charge in [0.05, 0.1) is 5.25 Å². The molecule has 2 saturated heterocycles. The van der Waals surface area contributed by atoms with Crippen LogP contribution < -0.4 is 5.32 Å². The normalized spacial score (nSPS) is 33.5. The number of hydrogen-bond donors (Lipinski definition) is 2. The minimum absolute atomic E-state index is 0.307. The summed E-state index contributed by atoms with van der Waals surface area (Å²) in [6.45, 7) is 1.44. The molecule has 2 aliphatic rings. The Bertz CT molecular complexity index is 401. The average molecular weight is 287 g/mol. The van der Waals surface area contributed by atoms with Crippen molar-refractivity contribution in [1.82, 2.24) is 15.5 Å². The lowest BCUT2D eigenvalue weighted by Gasteiger charge is -2.28. The lowest BCUT2D eigenvalue weighted by molar-refractivity contribution is -0.0167. The van der Waals surface area contributed by atoms with Gasteiger partial charge in [0.2, 0.25) is 0 Å². The van der Waals surface area contributed by atoms with Crippen LogP contribution >= 0.6 is 23.5 Å². The topological polar surface area (TPSA) is 71.2 Å². The van der Waals surface area contributed by atoms with Crippen molar-refractivity contribution in [1.29, 1.82) is 0 Å². The molecule has 2 aliphatic heterocycles. The second-order valence-electron chi connectivity index (χ2n) is 4.70. The van der Waals surface area contributed by atoms with Crippen molar-refractivity contribution in [2.45, 2.75) is 23.7 Å². The molecule has 3 rings (SSSR count). The maximum atomic E-state index is 10.5. The zero-order chi connectivity index (χ0) is 12.4. The van der Waals surface area contributed by atoms with E-state index in [2.05, 4.69) is 15.5 Å². The Hall–Kier alpha value is -0.240. The maximum absolute atomic E-state index is 10.5. The van der Waals surface area contributed by atoms with E-state index in [9.17, 15) is 5.11 Å². The number of nitrogens with zero attached hydrogens (tertiary/aromatic N) is 2. The van der Waals surface area contributed by atoms with Gasteiger partial charge in [0.25, 0.3) is 5.89 Å². The van der Waals surface area contributed by atoms with E-state index in [0.717, 1.165) is 30.3 Å². The molecule has 1 aromatic heterocycles. The van der Waals surface area contributed by atoms with Crippen LogP contribution in [0.1, 0.15) is 29.8 Å². The summed E-state index contributed by atoms with van der Waals surface area (Å²) < 4.78 is 5.29. The van der Waals surface area contributed by atoms with Crippen molar-refractivity contribution in [2.24, 2.45) is 0 Å². The largest absolute Gasteiger partial charge is 0.379 e. The molecule has 1 aromatic rings. The van der Waals surface area contributed by atoms with E-state index in [4.69, 9.17) is 4.52 Å². The Kier molecular flexibility index (Phi) is 3.83. The Labute approximate surface area is 114 Å². The predicted molar refractivity (Wildman–Crippen MR) is 72.8 cm³/mol. The number of nitrogens with one attached hydrogen (secondary N) is 1. The summed E-state index contributed by atoms with van der Waals surface area (Å²) in [7, 11) is 0. The molecule has 2 atom stereocenters. The zero-order valence-electron chi connectivity index (χ0n) is 10.1. The van der Waals surface area contributed by atoms with Gasteiger partial charge in [-0.05, 0) is 19.4 Å². The van der Waals surface area contributed by atoms with Gasteiger partial charge >= 0.3 is 0 Å². The fourth-order valence-electron chi connectivity index (χ4n) is 2.26. The van der Waals surface area contributed by atoms with E-state index in [1.165, 1.54) is 5.75 Å². The fourth-order valence-corrected chi connectivity index (χ4v) is 4.85. The van der Waals surface area contributed by atoms with Crippen LogP contribution in [0.5, 0.6) is 0 Å². The third-order valence-electron chi connectivity index (χ3n) is 3.31. The number of aromatic nitrogens is 2. The maximum Gasteiger partial charge on any atom is 0.259 e. The molecule has 0 amide bonds. The van der Waals surface area contributed by atoms with E-state index in [1.807, 2.05) is 23.5 Å². The van der Waals surface area contributed by atoms with Crippen molar-refractivity contribution >= 4 is 23.5 Å². The highest BCUT2D eigenvalue weighted by atomic mass is 32.2. The lowest BCUT2D eigenvalue weighted by Crippen LogP contribution is -2.43. The number of hydrogen-bond acceptors (Lipinski definition) is 7. The number of β-amino-alcohol motifs (C(OH)–C–C–N with tert-alkyl or cyclic N) is 1. The van der Waals surface area contributed by atoms with E-state index in [0.29, 0.717) is 24.1 Å². The number of thioether (sulfide) groups is 2. The summed E-state index contributed by atoms with van der Waals surface area (Å²) in [5.41, 5.74) is -0.976. The Morgan fingerprint density at radius 3 is 3.11 bits per heavy atom. The van der Waals surface area contributed by atoms with E-state index in [-0.39, 0.29) is 0 Å². The van der Waals surface area contributed by atoms with Crippen LogP contribution in [0, 0.1) is 0 Å². The molecule has 3 heterocycles. The first-order valence-corrected chi connectivity index (χ1v) is 8.45. The highest BCUT2D eigenvalue weighted by Crippen LogP contribution is 2.36. The van der Waals surface area contributed by atoms with Crippen molar-refractivity contribution in [3.63, 3.8) is 0 Å². The highest BCUT2D eigenvalue weighted by Gasteiger charge is 2.37. The summed E-state index contributed by atoms with van der Waals surface area (Å²) in [6, 6.07) is 0. The SMILES string of the molecule is OC1(c2nc(C3CSCCS3)no2)CCCNC1. The van der Waals surface area contributed by atoms with Gasteiger partial charge in [-0.1, -0.05) is 5.16 Å². The van der Waals surface area contributed by atoms with E-state index >= 15 is 0 Å². The van der Waals surface area contributed by atoms with Crippen LogP contribution in [0.4, 0.5) is 0 Å². The number of piperidine rings is 1. The lowest BCUT2D eigenvalue weighted by atomic mass is 9.94. The van der Waals surface area contributed by atoms with E-state index in [1.54, 1.807) is 0 Å². The van der Waals surface area contributed by atoms with Crippen molar-refractivity contribution < 1.29 is 9.63 Å². The first-order valence-electron chi connectivity index (χ1n) is 6.24.